The van der Waals surface area contributed by atoms with Crippen molar-refractivity contribution in [3.8, 4) is 0 Å². The number of hydrogen-bond donors (Lipinski definition) is 0. The molecule has 0 aromatic rings. The molecule has 0 amide bonds. The minimum Gasteiger partial charge on any atom is -0.262 e. The summed E-state index contributed by atoms with van der Waals surface area (Å²) in [5.74, 6) is 0. The Morgan fingerprint density at radius 1 is 1.23 bits per heavy atom. The van der Waals surface area contributed by atoms with Gasteiger partial charge in [-0.15, -0.1) is 0 Å². The van der Waals surface area contributed by atoms with Crippen molar-refractivity contribution >= 4 is 6.21 Å². The van der Waals surface area contributed by atoms with Crippen LogP contribution in [0.3, 0.4) is 0 Å². The van der Waals surface area contributed by atoms with Crippen molar-refractivity contribution in [2.75, 3.05) is 0 Å². The lowest BCUT2D eigenvalue weighted by atomic mass is 10.1. The van der Waals surface area contributed by atoms with Gasteiger partial charge in [0, 0.05) is 11.9 Å². The smallest absolute Gasteiger partial charge is 0.0330 e. The second-order valence-corrected chi connectivity index (χ2v) is 3.16. The summed E-state index contributed by atoms with van der Waals surface area (Å²) in [7, 11) is 0. The van der Waals surface area contributed by atoms with Gasteiger partial charge in [0.15, 0.2) is 0 Å². The number of nitrogens with zero attached hydrogens (tertiary/aromatic N) is 1. The van der Waals surface area contributed by atoms with Crippen LogP contribution < -0.4 is 0 Å². The summed E-state index contributed by atoms with van der Waals surface area (Å²) >= 11 is 0. The molecule has 74 valence electrons. The van der Waals surface area contributed by atoms with Crippen LogP contribution in [-0.2, 0) is 0 Å². The molecule has 0 unspecified atom stereocenters. The molecule has 0 bridgehead atoms. The molecule has 0 aromatic heterocycles. The highest BCUT2D eigenvalue weighted by Crippen LogP contribution is 2.05. The standard InChI is InChI=1S/C12H21N/c1-5-8-9-12(7-3)10-13-11(4)6-2/h6-7,10H,5,8-9H2,1-4H3/b11-6+,12-7-,13-10+. The van der Waals surface area contributed by atoms with E-state index in [9.17, 15) is 0 Å². The third-order valence-corrected chi connectivity index (χ3v) is 2.04. The van der Waals surface area contributed by atoms with E-state index in [2.05, 4.69) is 24.9 Å². The Labute approximate surface area is 82.3 Å². The van der Waals surface area contributed by atoms with Crippen LogP contribution in [0.4, 0.5) is 0 Å². The zero-order chi connectivity index (χ0) is 10.1. The second kappa shape index (κ2) is 7.78. The fourth-order valence-electron chi connectivity index (χ4n) is 0.924. The summed E-state index contributed by atoms with van der Waals surface area (Å²) in [5, 5.41) is 0. The molecule has 0 atom stereocenters. The van der Waals surface area contributed by atoms with Gasteiger partial charge in [-0.05, 0) is 39.2 Å². The first-order valence-electron chi connectivity index (χ1n) is 5.06. The Bertz CT molecular complexity index is 209. The van der Waals surface area contributed by atoms with Crippen molar-refractivity contribution in [3.05, 3.63) is 23.4 Å². The first-order chi connectivity index (χ1) is 6.24. The third-order valence-electron chi connectivity index (χ3n) is 2.04. The highest BCUT2D eigenvalue weighted by atomic mass is 14.7. The summed E-state index contributed by atoms with van der Waals surface area (Å²) in [6.45, 7) is 8.31. The predicted octanol–water partition coefficient (Wildman–Crippen LogP) is 4.12. The van der Waals surface area contributed by atoms with Crippen LogP contribution in [-0.4, -0.2) is 6.21 Å². The summed E-state index contributed by atoms with van der Waals surface area (Å²) in [6.07, 6.45) is 9.78. The minimum absolute atomic E-state index is 1.08. The monoisotopic (exact) mass is 179 g/mol. The topological polar surface area (TPSA) is 12.4 Å². The first kappa shape index (κ1) is 12.2. The van der Waals surface area contributed by atoms with E-state index < -0.39 is 0 Å². The quantitative estimate of drug-likeness (QED) is 0.563. The van der Waals surface area contributed by atoms with E-state index in [-0.39, 0.29) is 0 Å². The molecular weight excluding hydrogens is 158 g/mol. The zero-order valence-electron chi connectivity index (χ0n) is 9.30. The molecule has 13 heavy (non-hydrogen) atoms. The molecule has 1 heteroatoms. The molecule has 1 nitrogen and oxygen atoms in total. The van der Waals surface area contributed by atoms with E-state index in [0.717, 1.165) is 12.1 Å². The van der Waals surface area contributed by atoms with Crippen LogP contribution in [0.25, 0.3) is 0 Å². The van der Waals surface area contributed by atoms with E-state index in [1.807, 2.05) is 26.1 Å². The molecule has 0 saturated heterocycles. The number of rotatable bonds is 5. The van der Waals surface area contributed by atoms with Crippen LogP contribution >= 0.6 is 0 Å². The van der Waals surface area contributed by atoms with E-state index in [4.69, 9.17) is 0 Å². The Kier molecular flexibility index (Phi) is 7.27. The maximum Gasteiger partial charge on any atom is 0.0330 e. The fourth-order valence-corrected chi connectivity index (χ4v) is 0.924. The molecular formula is C12H21N. The van der Waals surface area contributed by atoms with E-state index in [0.29, 0.717) is 0 Å². The van der Waals surface area contributed by atoms with Crippen molar-refractivity contribution < 1.29 is 0 Å². The SMILES string of the molecule is C\C=C(/C=N/C(C)=C/C)CCCC. The van der Waals surface area contributed by atoms with Gasteiger partial charge in [0.1, 0.15) is 0 Å². The fraction of sp³-hybridized carbons (Fsp3) is 0.583. The van der Waals surface area contributed by atoms with E-state index in [1.165, 1.54) is 18.4 Å². The van der Waals surface area contributed by atoms with Crippen molar-refractivity contribution in [2.24, 2.45) is 4.99 Å². The highest BCUT2D eigenvalue weighted by Gasteiger charge is 1.90. The maximum atomic E-state index is 4.33. The molecule has 0 radical (unpaired) electrons. The zero-order valence-corrected chi connectivity index (χ0v) is 9.30. The van der Waals surface area contributed by atoms with Crippen molar-refractivity contribution in [1.82, 2.24) is 0 Å². The molecule has 0 aliphatic heterocycles. The predicted molar refractivity (Wildman–Crippen MR) is 61.2 cm³/mol. The number of hydrogen-bond acceptors (Lipinski definition) is 1. The summed E-state index contributed by atoms with van der Waals surface area (Å²) < 4.78 is 0. The van der Waals surface area contributed by atoms with E-state index >= 15 is 0 Å². The molecule has 0 rings (SSSR count). The van der Waals surface area contributed by atoms with Gasteiger partial charge in [0.05, 0.1) is 0 Å². The highest BCUT2D eigenvalue weighted by molar-refractivity contribution is 5.79. The molecule has 0 N–H and O–H groups in total. The average Bonchev–Trinajstić information content (AvgIpc) is 2.17. The lowest BCUT2D eigenvalue weighted by Crippen LogP contribution is -1.85. The number of unbranched alkanes of at least 4 members (excludes halogenated alkanes) is 1. The van der Waals surface area contributed by atoms with Gasteiger partial charge in [-0.1, -0.05) is 25.5 Å². The van der Waals surface area contributed by atoms with Crippen LogP contribution in [0.2, 0.25) is 0 Å². The summed E-state index contributed by atoms with van der Waals surface area (Å²) in [6, 6.07) is 0. The van der Waals surface area contributed by atoms with Gasteiger partial charge >= 0.3 is 0 Å². The van der Waals surface area contributed by atoms with E-state index in [1.54, 1.807) is 0 Å². The molecule has 0 spiro atoms. The third kappa shape index (κ3) is 6.32. The molecule has 0 fully saturated rings. The normalized spacial score (nSPS) is 14.2. The summed E-state index contributed by atoms with van der Waals surface area (Å²) in [5.41, 5.74) is 2.42. The Morgan fingerprint density at radius 2 is 1.92 bits per heavy atom. The average molecular weight is 179 g/mol. The number of aliphatic imine (C=N–C) groups is 1. The Hall–Kier alpha value is -0.850. The lowest BCUT2D eigenvalue weighted by molar-refractivity contribution is 0.803. The molecule has 0 saturated carbocycles. The Balaban J connectivity index is 4.06. The first-order valence-corrected chi connectivity index (χ1v) is 5.06. The summed E-state index contributed by atoms with van der Waals surface area (Å²) in [4.78, 5) is 4.33. The van der Waals surface area contributed by atoms with Gasteiger partial charge in [-0.25, -0.2) is 0 Å². The van der Waals surface area contributed by atoms with Crippen LogP contribution in [0.5, 0.6) is 0 Å². The van der Waals surface area contributed by atoms with Gasteiger partial charge in [0.2, 0.25) is 0 Å². The van der Waals surface area contributed by atoms with Gasteiger partial charge in [-0.2, -0.15) is 0 Å². The van der Waals surface area contributed by atoms with Crippen molar-refractivity contribution in [2.45, 2.75) is 47.0 Å². The number of allylic oxidation sites excluding steroid dienone is 4. The Morgan fingerprint density at radius 3 is 2.38 bits per heavy atom. The molecule has 0 aromatic carbocycles. The van der Waals surface area contributed by atoms with Gasteiger partial charge < -0.3 is 0 Å². The van der Waals surface area contributed by atoms with Crippen molar-refractivity contribution in [1.29, 1.82) is 0 Å². The largest absolute Gasteiger partial charge is 0.262 e. The minimum atomic E-state index is 1.08. The van der Waals surface area contributed by atoms with Gasteiger partial charge in [-0.3, -0.25) is 4.99 Å². The van der Waals surface area contributed by atoms with Crippen molar-refractivity contribution in [3.63, 3.8) is 0 Å². The van der Waals surface area contributed by atoms with Crippen LogP contribution in [0.15, 0.2) is 28.4 Å². The van der Waals surface area contributed by atoms with Crippen LogP contribution in [0, 0.1) is 0 Å². The molecule has 0 aliphatic carbocycles. The molecule has 0 aliphatic rings. The van der Waals surface area contributed by atoms with Gasteiger partial charge in [0.25, 0.3) is 0 Å². The molecule has 0 heterocycles. The maximum absolute atomic E-state index is 4.33. The lowest BCUT2D eigenvalue weighted by Gasteiger charge is -1.98. The van der Waals surface area contributed by atoms with Crippen LogP contribution in [0.1, 0.15) is 47.0 Å². The second-order valence-electron chi connectivity index (χ2n) is 3.16.